The minimum absolute atomic E-state index is 0.142. The Morgan fingerprint density at radius 2 is 1.80 bits per heavy atom. The Bertz CT molecular complexity index is 690. The molecule has 2 aromatic rings. The van der Waals surface area contributed by atoms with Crippen LogP contribution >= 0.6 is 23.2 Å². The van der Waals surface area contributed by atoms with E-state index in [0.29, 0.717) is 28.1 Å². The SMILES string of the molecule is CCCCCOc1ccc(NC(=O)COc2ccc(Cl)cc2Cl)cc1. The van der Waals surface area contributed by atoms with Gasteiger partial charge in [-0.3, -0.25) is 4.79 Å². The molecule has 0 unspecified atom stereocenters. The highest BCUT2D eigenvalue weighted by molar-refractivity contribution is 6.35. The molecule has 0 saturated heterocycles. The summed E-state index contributed by atoms with van der Waals surface area (Å²) in [5.74, 6) is 0.929. The number of unbranched alkanes of at least 4 members (excludes halogenated alkanes) is 2. The van der Waals surface area contributed by atoms with Crippen molar-refractivity contribution in [1.82, 2.24) is 0 Å². The van der Waals surface area contributed by atoms with Gasteiger partial charge in [-0.2, -0.15) is 0 Å². The zero-order chi connectivity index (χ0) is 18.1. The third-order valence-electron chi connectivity index (χ3n) is 3.41. The molecule has 0 saturated carbocycles. The number of carbonyl (C=O) groups is 1. The molecule has 0 aliphatic heterocycles. The lowest BCUT2D eigenvalue weighted by molar-refractivity contribution is -0.118. The van der Waals surface area contributed by atoms with Crippen molar-refractivity contribution in [2.45, 2.75) is 26.2 Å². The normalized spacial score (nSPS) is 10.4. The van der Waals surface area contributed by atoms with Crippen LogP contribution < -0.4 is 14.8 Å². The molecule has 4 nitrogen and oxygen atoms in total. The molecule has 6 heteroatoms. The van der Waals surface area contributed by atoms with Gasteiger partial charge in [0.15, 0.2) is 6.61 Å². The first-order chi connectivity index (χ1) is 12.1. The molecule has 134 valence electrons. The van der Waals surface area contributed by atoms with Gasteiger partial charge in [-0.1, -0.05) is 43.0 Å². The molecule has 0 radical (unpaired) electrons. The van der Waals surface area contributed by atoms with Crippen LogP contribution in [0.25, 0.3) is 0 Å². The highest BCUT2D eigenvalue weighted by Crippen LogP contribution is 2.27. The van der Waals surface area contributed by atoms with E-state index in [4.69, 9.17) is 32.7 Å². The number of anilines is 1. The van der Waals surface area contributed by atoms with Gasteiger partial charge < -0.3 is 14.8 Å². The lowest BCUT2D eigenvalue weighted by Gasteiger charge is -2.10. The van der Waals surface area contributed by atoms with E-state index in [-0.39, 0.29) is 12.5 Å². The zero-order valence-corrected chi connectivity index (χ0v) is 15.6. The highest BCUT2D eigenvalue weighted by Gasteiger charge is 2.07. The van der Waals surface area contributed by atoms with Crippen molar-refractivity contribution >= 4 is 34.8 Å². The van der Waals surface area contributed by atoms with Gasteiger partial charge in [0.1, 0.15) is 11.5 Å². The van der Waals surface area contributed by atoms with Crippen molar-refractivity contribution < 1.29 is 14.3 Å². The van der Waals surface area contributed by atoms with Crippen molar-refractivity contribution in [2.24, 2.45) is 0 Å². The summed E-state index contributed by atoms with van der Waals surface area (Å²) in [5.41, 5.74) is 0.678. The van der Waals surface area contributed by atoms with Crippen LogP contribution in [0.5, 0.6) is 11.5 Å². The van der Waals surface area contributed by atoms with Crippen LogP contribution in [0.1, 0.15) is 26.2 Å². The van der Waals surface area contributed by atoms with Crippen molar-refractivity contribution in [3.63, 3.8) is 0 Å². The molecule has 0 fully saturated rings. The number of ether oxygens (including phenoxy) is 2. The summed E-state index contributed by atoms with van der Waals surface area (Å²) in [6.45, 7) is 2.72. The van der Waals surface area contributed by atoms with Gasteiger partial charge in [0.05, 0.1) is 11.6 Å². The number of hydrogen-bond donors (Lipinski definition) is 1. The number of rotatable bonds is 9. The predicted octanol–water partition coefficient (Wildman–Crippen LogP) is 5.58. The number of carbonyl (C=O) groups excluding carboxylic acids is 1. The zero-order valence-electron chi connectivity index (χ0n) is 14.1. The monoisotopic (exact) mass is 381 g/mol. The summed E-state index contributed by atoms with van der Waals surface area (Å²) in [6, 6.07) is 12.1. The predicted molar refractivity (Wildman–Crippen MR) is 102 cm³/mol. The number of amides is 1. The maximum absolute atomic E-state index is 12.0. The number of halogens is 2. The summed E-state index contributed by atoms with van der Waals surface area (Å²) >= 11 is 11.8. The van der Waals surface area contributed by atoms with Gasteiger partial charge in [0.2, 0.25) is 0 Å². The molecule has 0 heterocycles. The summed E-state index contributed by atoms with van der Waals surface area (Å²) in [7, 11) is 0. The topological polar surface area (TPSA) is 47.6 Å². The fraction of sp³-hybridized carbons (Fsp3) is 0.316. The molecule has 0 aromatic heterocycles. The summed E-state index contributed by atoms with van der Waals surface area (Å²) in [5, 5.41) is 3.64. The van der Waals surface area contributed by atoms with E-state index in [9.17, 15) is 4.79 Å². The van der Waals surface area contributed by atoms with Crippen LogP contribution in [0.3, 0.4) is 0 Å². The fourth-order valence-electron chi connectivity index (χ4n) is 2.11. The number of benzene rings is 2. The Kier molecular flexibility index (Phi) is 7.89. The molecule has 1 N–H and O–H groups in total. The second-order valence-electron chi connectivity index (χ2n) is 5.49. The summed E-state index contributed by atoms with van der Waals surface area (Å²) in [4.78, 5) is 12.0. The quantitative estimate of drug-likeness (QED) is 0.576. The fourth-order valence-corrected chi connectivity index (χ4v) is 2.57. The Morgan fingerprint density at radius 3 is 2.48 bits per heavy atom. The molecule has 0 spiro atoms. The van der Waals surface area contributed by atoms with E-state index < -0.39 is 0 Å². The standard InChI is InChI=1S/C19H21Cl2NO3/c1-2-3-4-11-24-16-8-6-15(7-9-16)22-19(23)13-25-18-10-5-14(20)12-17(18)21/h5-10,12H,2-4,11,13H2,1H3,(H,22,23). The molecule has 0 bridgehead atoms. The second-order valence-corrected chi connectivity index (χ2v) is 6.34. The Morgan fingerprint density at radius 1 is 1.04 bits per heavy atom. The van der Waals surface area contributed by atoms with Gasteiger partial charge in [-0.25, -0.2) is 0 Å². The van der Waals surface area contributed by atoms with Crippen LogP contribution in [0.2, 0.25) is 10.0 Å². The number of nitrogens with one attached hydrogen (secondary N) is 1. The van der Waals surface area contributed by atoms with E-state index in [2.05, 4.69) is 12.2 Å². The van der Waals surface area contributed by atoms with Crippen LogP contribution in [0.15, 0.2) is 42.5 Å². The average molecular weight is 382 g/mol. The first-order valence-electron chi connectivity index (χ1n) is 8.19. The van der Waals surface area contributed by atoms with Gasteiger partial charge in [-0.15, -0.1) is 0 Å². The third kappa shape index (κ3) is 6.85. The molecule has 1 amide bonds. The first-order valence-corrected chi connectivity index (χ1v) is 8.94. The molecule has 0 atom stereocenters. The first kappa shape index (κ1) is 19.4. The molecule has 2 rings (SSSR count). The Labute approximate surface area is 158 Å². The van der Waals surface area contributed by atoms with Gasteiger partial charge in [0, 0.05) is 10.7 Å². The molecular formula is C19H21Cl2NO3. The van der Waals surface area contributed by atoms with Crippen LogP contribution in [-0.4, -0.2) is 19.1 Å². The maximum Gasteiger partial charge on any atom is 0.262 e. The second kappa shape index (κ2) is 10.2. The van der Waals surface area contributed by atoms with Crippen molar-refractivity contribution in [1.29, 1.82) is 0 Å². The van der Waals surface area contributed by atoms with E-state index in [0.717, 1.165) is 25.0 Å². The van der Waals surface area contributed by atoms with E-state index in [1.54, 1.807) is 30.3 Å². The van der Waals surface area contributed by atoms with E-state index in [1.807, 2.05) is 12.1 Å². The van der Waals surface area contributed by atoms with Crippen molar-refractivity contribution in [2.75, 3.05) is 18.5 Å². The number of hydrogen-bond acceptors (Lipinski definition) is 3. The lowest BCUT2D eigenvalue weighted by Crippen LogP contribution is -2.20. The maximum atomic E-state index is 12.0. The highest BCUT2D eigenvalue weighted by atomic mass is 35.5. The van der Waals surface area contributed by atoms with Crippen LogP contribution in [-0.2, 0) is 4.79 Å². The minimum atomic E-state index is -0.275. The molecule has 0 aliphatic rings. The largest absolute Gasteiger partial charge is 0.494 e. The minimum Gasteiger partial charge on any atom is -0.494 e. The van der Waals surface area contributed by atoms with Crippen LogP contribution in [0.4, 0.5) is 5.69 Å². The van der Waals surface area contributed by atoms with Gasteiger partial charge in [-0.05, 0) is 48.9 Å². The molecule has 25 heavy (non-hydrogen) atoms. The van der Waals surface area contributed by atoms with Gasteiger partial charge >= 0.3 is 0 Å². The van der Waals surface area contributed by atoms with Gasteiger partial charge in [0.25, 0.3) is 5.91 Å². The smallest absolute Gasteiger partial charge is 0.262 e. The third-order valence-corrected chi connectivity index (χ3v) is 3.94. The van der Waals surface area contributed by atoms with E-state index >= 15 is 0 Å². The molecular weight excluding hydrogens is 361 g/mol. The summed E-state index contributed by atoms with van der Waals surface area (Å²) < 4.78 is 11.0. The van der Waals surface area contributed by atoms with Crippen LogP contribution in [0, 0.1) is 0 Å². The Balaban J connectivity index is 1.78. The Hall–Kier alpha value is -1.91. The summed E-state index contributed by atoms with van der Waals surface area (Å²) in [6.07, 6.45) is 3.36. The lowest BCUT2D eigenvalue weighted by atomic mass is 10.2. The van der Waals surface area contributed by atoms with Crippen molar-refractivity contribution in [3.8, 4) is 11.5 Å². The molecule has 0 aliphatic carbocycles. The van der Waals surface area contributed by atoms with E-state index in [1.165, 1.54) is 0 Å². The average Bonchev–Trinajstić information content (AvgIpc) is 2.59. The molecule has 2 aromatic carbocycles. The van der Waals surface area contributed by atoms with Crippen molar-refractivity contribution in [3.05, 3.63) is 52.5 Å².